The lowest BCUT2D eigenvalue weighted by Crippen LogP contribution is -2.29. The van der Waals surface area contributed by atoms with E-state index in [9.17, 15) is 9.18 Å². The van der Waals surface area contributed by atoms with Crippen molar-refractivity contribution in [3.05, 3.63) is 81.9 Å². The van der Waals surface area contributed by atoms with E-state index in [1.165, 1.54) is 12.1 Å². The SMILES string of the molecule is O=c1[nH]nc(-c2ccc(F)cc2)c2c1Nc1nnnn1[C@H]2c1ccccc1. The molecule has 0 bridgehead atoms. The maximum atomic E-state index is 13.4. The molecule has 0 saturated heterocycles. The number of nitrogens with zero attached hydrogens (tertiary/aromatic N) is 5. The third-order valence-corrected chi connectivity index (χ3v) is 4.50. The van der Waals surface area contributed by atoms with Gasteiger partial charge in [0.2, 0.25) is 5.95 Å². The predicted molar refractivity (Wildman–Crippen MR) is 95.0 cm³/mol. The van der Waals surface area contributed by atoms with E-state index < -0.39 is 6.04 Å². The molecule has 0 radical (unpaired) electrons. The van der Waals surface area contributed by atoms with Crippen molar-refractivity contribution in [1.29, 1.82) is 0 Å². The van der Waals surface area contributed by atoms with Gasteiger partial charge in [0.05, 0.1) is 5.69 Å². The third kappa shape index (κ3) is 2.40. The second-order valence-corrected chi connectivity index (χ2v) is 6.08. The number of hydrogen-bond acceptors (Lipinski definition) is 6. The van der Waals surface area contributed by atoms with Gasteiger partial charge in [-0.2, -0.15) is 9.78 Å². The summed E-state index contributed by atoms with van der Waals surface area (Å²) in [7, 11) is 0. The number of fused-ring (bicyclic) bond motifs is 2. The van der Waals surface area contributed by atoms with Crippen LogP contribution in [0.2, 0.25) is 0 Å². The molecule has 0 fully saturated rings. The number of halogens is 1. The second kappa shape index (κ2) is 5.84. The van der Waals surface area contributed by atoms with E-state index in [2.05, 4.69) is 31.0 Å². The van der Waals surface area contributed by atoms with Gasteiger partial charge in [-0.3, -0.25) is 4.79 Å². The van der Waals surface area contributed by atoms with Crippen LogP contribution in [-0.4, -0.2) is 30.4 Å². The highest BCUT2D eigenvalue weighted by Gasteiger charge is 2.34. The summed E-state index contributed by atoms with van der Waals surface area (Å²) in [6.45, 7) is 0. The van der Waals surface area contributed by atoms with Gasteiger partial charge in [0.15, 0.2) is 0 Å². The molecule has 1 atom stereocenters. The van der Waals surface area contributed by atoms with Crippen LogP contribution < -0.4 is 10.9 Å². The third-order valence-electron chi connectivity index (χ3n) is 4.50. The van der Waals surface area contributed by atoms with Gasteiger partial charge in [0.25, 0.3) is 5.56 Å². The average Bonchev–Trinajstić information content (AvgIpc) is 3.17. The fourth-order valence-electron chi connectivity index (χ4n) is 3.31. The predicted octanol–water partition coefficient (Wildman–Crippen LogP) is 2.26. The van der Waals surface area contributed by atoms with E-state index in [-0.39, 0.29) is 11.4 Å². The van der Waals surface area contributed by atoms with Gasteiger partial charge < -0.3 is 5.32 Å². The molecule has 0 spiro atoms. The van der Waals surface area contributed by atoms with E-state index in [1.807, 2.05) is 30.3 Å². The first kappa shape index (κ1) is 15.4. The van der Waals surface area contributed by atoms with Crippen molar-refractivity contribution in [3.63, 3.8) is 0 Å². The molecule has 0 amide bonds. The molecular weight excluding hydrogens is 349 g/mol. The summed E-state index contributed by atoms with van der Waals surface area (Å²) in [5, 5.41) is 21.5. The van der Waals surface area contributed by atoms with Crippen molar-refractivity contribution < 1.29 is 4.39 Å². The van der Waals surface area contributed by atoms with Crippen molar-refractivity contribution >= 4 is 11.6 Å². The molecule has 8 nitrogen and oxygen atoms in total. The average molecular weight is 361 g/mol. The summed E-state index contributed by atoms with van der Waals surface area (Å²) in [4.78, 5) is 12.5. The Morgan fingerprint density at radius 3 is 2.59 bits per heavy atom. The first-order valence-corrected chi connectivity index (χ1v) is 8.21. The van der Waals surface area contributed by atoms with Gasteiger partial charge in [0, 0.05) is 11.1 Å². The standard InChI is InChI=1S/C18H12FN7O/c19-12-8-6-10(7-9-12)14-13-15(17(27)22-21-14)20-18-23-24-25-26(18)16(13)11-4-2-1-3-5-11/h1-9,16H,(H,22,27)(H,20,23,25)/t16-/m0/s1. The molecule has 2 aromatic heterocycles. The molecule has 2 N–H and O–H groups in total. The summed E-state index contributed by atoms with van der Waals surface area (Å²) in [6, 6.07) is 15.1. The van der Waals surface area contributed by atoms with Crippen LogP contribution in [0.25, 0.3) is 11.3 Å². The highest BCUT2D eigenvalue weighted by atomic mass is 19.1. The molecule has 1 aliphatic heterocycles. The van der Waals surface area contributed by atoms with E-state index in [0.29, 0.717) is 28.5 Å². The topological polar surface area (TPSA) is 101 Å². The van der Waals surface area contributed by atoms with Crippen LogP contribution >= 0.6 is 0 Å². The minimum Gasteiger partial charge on any atom is -0.318 e. The van der Waals surface area contributed by atoms with Gasteiger partial charge in [-0.1, -0.05) is 35.4 Å². The minimum absolute atomic E-state index is 0.320. The van der Waals surface area contributed by atoms with Crippen LogP contribution in [0.3, 0.4) is 0 Å². The number of aromatic nitrogens is 6. The van der Waals surface area contributed by atoms with Crippen molar-refractivity contribution in [3.8, 4) is 11.3 Å². The van der Waals surface area contributed by atoms with Crippen LogP contribution in [0.4, 0.5) is 16.0 Å². The molecule has 4 aromatic rings. The lowest BCUT2D eigenvalue weighted by molar-refractivity contribution is 0.567. The zero-order valence-electron chi connectivity index (χ0n) is 13.8. The van der Waals surface area contributed by atoms with Gasteiger partial charge in [-0.15, -0.1) is 0 Å². The highest BCUT2D eigenvalue weighted by Crippen LogP contribution is 2.40. The van der Waals surface area contributed by atoms with Gasteiger partial charge >= 0.3 is 0 Å². The van der Waals surface area contributed by atoms with Crippen molar-refractivity contribution in [2.75, 3.05) is 5.32 Å². The van der Waals surface area contributed by atoms with E-state index >= 15 is 0 Å². The Morgan fingerprint density at radius 1 is 1.04 bits per heavy atom. The Hall–Kier alpha value is -3.88. The second-order valence-electron chi connectivity index (χ2n) is 6.08. The molecule has 9 heteroatoms. The van der Waals surface area contributed by atoms with Gasteiger partial charge in [-0.05, 0) is 40.3 Å². The molecule has 132 valence electrons. The largest absolute Gasteiger partial charge is 0.318 e. The molecular formula is C18H12FN7O. The van der Waals surface area contributed by atoms with Crippen LogP contribution in [0.15, 0.2) is 59.4 Å². The Kier molecular flexibility index (Phi) is 3.32. The Labute approximate surface area is 151 Å². The normalized spacial score (nSPS) is 14.9. The van der Waals surface area contributed by atoms with Crippen molar-refractivity contribution in [1.82, 2.24) is 30.4 Å². The smallest absolute Gasteiger partial charge is 0.288 e. The number of rotatable bonds is 2. The zero-order chi connectivity index (χ0) is 18.4. The van der Waals surface area contributed by atoms with Gasteiger partial charge in [0.1, 0.15) is 17.5 Å². The summed E-state index contributed by atoms with van der Waals surface area (Å²) in [5.41, 5.74) is 2.64. The van der Waals surface area contributed by atoms with E-state index in [1.54, 1.807) is 16.8 Å². The molecule has 0 saturated carbocycles. The number of aromatic amines is 1. The molecule has 3 heterocycles. The number of nitrogens with one attached hydrogen (secondary N) is 2. The van der Waals surface area contributed by atoms with Crippen LogP contribution in [0, 0.1) is 5.82 Å². The molecule has 0 aliphatic carbocycles. The van der Waals surface area contributed by atoms with Crippen LogP contribution in [0.5, 0.6) is 0 Å². The summed E-state index contributed by atoms with van der Waals surface area (Å²) < 4.78 is 15.0. The van der Waals surface area contributed by atoms with E-state index in [4.69, 9.17) is 0 Å². The molecule has 0 unspecified atom stereocenters. The first-order valence-electron chi connectivity index (χ1n) is 8.21. The Bertz CT molecular complexity index is 1180. The Balaban J connectivity index is 1.82. The zero-order valence-corrected chi connectivity index (χ0v) is 13.8. The minimum atomic E-state index is -0.456. The number of tetrazole rings is 1. The molecule has 2 aromatic carbocycles. The number of anilines is 2. The molecule has 5 rings (SSSR count). The summed E-state index contributed by atoms with van der Waals surface area (Å²) in [6.07, 6.45) is 0. The monoisotopic (exact) mass is 361 g/mol. The van der Waals surface area contributed by atoms with E-state index in [0.717, 1.165) is 5.56 Å². The van der Waals surface area contributed by atoms with Crippen LogP contribution in [0.1, 0.15) is 17.2 Å². The van der Waals surface area contributed by atoms with Crippen LogP contribution in [-0.2, 0) is 0 Å². The quantitative estimate of drug-likeness (QED) is 0.500. The highest BCUT2D eigenvalue weighted by molar-refractivity contribution is 5.75. The summed E-state index contributed by atoms with van der Waals surface area (Å²) >= 11 is 0. The summed E-state index contributed by atoms with van der Waals surface area (Å²) in [5.74, 6) is 0.00986. The molecule has 1 aliphatic rings. The molecule has 27 heavy (non-hydrogen) atoms. The first-order chi connectivity index (χ1) is 13.2. The lowest BCUT2D eigenvalue weighted by Gasteiger charge is -2.27. The fraction of sp³-hybridized carbons (Fsp3) is 0.0556. The maximum Gasteiger partial charge on any atom is 0.288 e. The van der Waals surface area contributed by atoms with Crippen molar-refractivity contribution in [2.24, 2.45) is 0 Å². The fourth-order valence-corrected chi connectivity index (χ4v) is 3.31. The van der Waals surface area contributed by atoms with Crippen molar-refractivity contribution in [2.45, 2.75) is 6.04 Å². The Morgan fingerprint density at radius 2 is 1.81 bits per heavy atom. The van der Waals surface area contributed by atoms with Gasteiger partial charge in [-0.25, -0.2) is 9.49 Å². The number of benzene rings is 2. The maximum absolute atomic E-state index is 13.4. The number of H-pyrrole nitrogens is 1. The number of hydrogen-bond donors (Lipinski definition) is 2. The lowest BCUT2D eigenvalue weighted by atomic mass is 9.92.